The lowest BCUT2D eigenvalue weighted by Crippen LogP contribution is -2.21. The molecule has 2 aromatic carbocycles. The summed E-state index contributed by atoms with van der Waals surface area (Å²) in [5.41, 5.74) is 3.50. The Morgan fingerprint density at radius 2 is 1.38 bits per heavy atom. The second kappa shape index (κ2) is 16.8. The third-order valence-corrected chi connectivity index (χ3v) is 7.50. The summed E-state index contributed by atoms with van der Waals surface area (Å²) in [6, 6.07) is 15.4. The van der Waals surface area contributed by atoms with Crippen molar-refractivity contribution in [3.63, 3.8) is 0 Å². The first-order valence-electron chi connectivity index (χ1n) is 15.1. The van der Waals surface area contributed by atoms with Crippen LogP contribution < -0.4 is 10.5 Å². The number of esters is 1. The Kier molecular flexibility index (Phi) is 13.1. The molecule has 212 valence electrons. The van der Waals surface area contributed by atoms with Gasteiger partial charge in [0.2, 0.25) is 0 Å². The first-order chi connectivity index (χ1) is 19.0. The van der Waals surface area contributed by atoms with Crippen LogP contribution in [0, 0.1) is 0 Å². The Bertz CT molecular complexity index is 1190. The monoisotopic (exact) mass is 533 g/mol. The molecule has 3 rings (SSSR count). The fraction of sp³-hybridized carbons (Fsp3) is 0.529. The maximum atomic E-state index is 12.8. The van der Waals surface area contributed by atoms with Gasteiger partial charge < -0.3 is 14.1 Å². The van der Waals surface area contributed by atoms with Crippen LogP contribution in [0.3, 0.4) is 0 Å². The second-order valence-corrected chi connectivity index (χ2v) is 10.5. The summed E-state index contributed by atoms with van der Waals surface area (Å²) in [4.78, 5) is 27.1. The standard InChI is InChI=1S/C34H47NO4/c1-4-7-8-9-10-11-12-13-14-15-16-17-33(36)38-26-27-18-20-28(21-19-27)31-24-29-22-23-30(35(5-2)6-3)25-32(29)39-34(31)37/h18-25H,4-17,26H2,1-3H3. The first kappa shape index (κ1) is 30.5. The Morgan fingerprint density at radius 3 is 2.00 bits per heavy atom. The fourth-order valence-electron chi connectivity index (χ4n) is 5.04. The van der Waals surface area contributed by atoms with Gasteiger partial charge in [-0.05, 0) is 49.6 Å². The van der Waals surface area contributed by atoms with E-state index < -0.39 is 0 Å². The number of carbonyl (C=O) groups excluding carboxylic acids is 1. The van der Waals surface area contributed by atoms with Gasteiger partial charge in [0.1, 0.15) is 12.2 Å². The number of fused-ring (bicyclic) bond motifs is 1. The Morgan fingerprint density at radius 1 is 0.769 bits per heavy atom. The van der Waals surface area contributed by atoms with E-state index in [1.165, 1.54) is 57.8 Å². The maximum absolute atomic E-state index is 12.8. The van der Waals surface area contributed by atoms with Crippen molar-refractivity contribution in [1.82, 2.24) is 0 Å². The maximum Gasteiger partial charge on any atom is 0.344 e. The van der Waals surface area contributed by atoms with E-state index in [1.54, 1.807) is 0 Å². The van der Waals surface area contributed by atoms with Crippen LogP contribution >= 0.6 is 0 Å². The van der Waals surface area contributed by atoms with Crippen molar-refractivity contribution < 1.29 is 13.9 Å². The zero-order valence-electron chi connectivity index (χ0n) is 24.3. The highest BCUT2D eigenvalue weighted by Gasteiger charge is 2.11. The number of carbonyl (C=O) groups is 1. The lowest BCUT2D eigenvalue weighted by molar-refractivity contribution is -0.145. The number of unbranched alkanes of at least 4 members (excludes halogenated alkanes) is 10. The third kappa shape index (κ3) is 9.87. The number of benzene rings is 2. The number of ether oxygens (including phenoxy) is 1. The molecule has 0 atom stereocenters. The van der Waals surface area contributed by atoms with Crippen LogP contribution in [0.1, 0.15) is 103 Å². The van der Waals surface area contributed by atoms with Gasteiger partial charge in [0.05, 0.1) is 5.56 Å². The molecule has 0 bridgehead atoms. The summed E-state index contributed by atoms with van der Waals surface area (Å²) < 4.78 is 11.1. The quantitative estimate of drug-likeness (QED) is 0.0927. The van der Waals surface area contributed by atoms with Crippen LogP contribution in [0.25, 0.3) is 22.1 Å². The van der Waals surface area contributed by atoms with E-state index in [0.29, 0.717) is 17.6 Å². The highest BCUT2D eigenvalue weighted by atomic mass is 16.5. The van der Waals surface area contributed by atoms with E-state index in [-0.39, 0.29) is 18.2 Å². The molecule has 0 amide bonds. The van der Waals surface area contributed by atoms with E-state index in [0.717, 1.165) is 48.1 Å². The predicted octanol–water partition coefficient (Wildman–Crippen LogP) is 9.05. The fourth-order valence-corrected chi connectivity index (χ4v) is 5.04. The van der Waals surface area contributed by atoms with E-state index >= 15 is 0 Å². The third-order valence-electron chi connectivity index (χ3n) is 7.50. The van der Waals surface area contributed by atoms with Gasteiger partial charge in [-0.2, -0.15) is 0 Å². The van der Waals surface area contributed by atoms with Crippen molar-refractivity contribution in [2.24, 2.45) is 0 Å². The Labute approximate surface area is 234 Å². The van der Waals surface area contributed by atoms with E-state index in [9.17, 15) is 9.59 Å². The highest BCUT2D eigenvalue weighted by Crippen LogP contribution is 2.25. The smallest absolute Gasteiger partial charge is 0.344 e. The predicted molar refractivity (Wildman–Crippen MR) is 162 cm³/mol. The van der Waals surface area contributed by atoms with Gasteiger partial charge in [-0.25, -0.2) is 4.79 Å². The molecule has 0 N–H and O–H groups in total. The van der Waals surface area contributed by atoms with Crippen molar-refractivity contribution in [2.45, 2.75) is 104 Å². The molecule has 0 spiro atoms. The van der Waals surface area contributed by atoms with Crippen molar-refractivity contribution >= 4 is 22.6 Å². The lowest BCUT2D eigenvalue weighted by Gasteiger charge is -2.21. The van der Waals surface area contributed by atoms with E-state index in [1.807, 2.05) is 42.5 Å². The summed E-state index contributed by atoms with van der Waals surface area (Å²) in [5.74, 6) is -0.144. The molecule has 0 aliphatic rings. The number of hydrogen-bond donors (Lipinski definition) is 0. The summed E-state index contributed by atoms with van der Waals surface area (Å²) in [7, 11) is 0. The number of anilines is 1. The van der Waals surface area contributed by atoms with Crippen LogP contribution in [0.2, 0.25) is 0 Å². The van der Waals surface area contributed by atoms with Gasteiger partial charge in [-0.15, -0.1) is 0 Å². The minimum absolute atomic E-state index is 0.144. The number of rotatable bonds is 18. The molecule has 0 radical (unpaired) electrons. The molecule has 1 heterocycles. The SMILES string of the molecule is CCCCCCCCCCCCCC(=O)OCc1ccc(-c2cc3ccc(N(CC)CC)cc3oc2=O)cc1. The van der Waals surface area contributed by atoms with Gasteiger partial charge in [0.25, 0.3) is 0 Å². The molecule has 1 aromatic heterocycles. The summed E-state index contributed by atoms with van der Waals surface area (Å²) in [6.07, 6.45) is 14.4. The number of nitrogens with zero attached hydrogens (tertiary/aromatic N) is 1. The second-order valence-electron chi connectivity index (χ2n) is 10.5. The van der Waals surface area contributed by atoms with Gasteiger partial charge in [-0.1, -0.05) is 95.4 Å². The normalized spacial score (nSPS) is 11.2. The molecule has 0 unspecified atom stereocenters. The topological polar surface area (TPSA) is 59.8 Å². The van der Waals surface area contributed by atoms with Crippen LogP contribution in [-0.4, -0.2) is 19.1 Å². The zero-order chi connectivity index (χ0) is 27.9. The molecule has 0 aliphatic heterocycles. The van der Waals surface area contributed by atoms with Gasteiger partial charge in [-0.3, -0.25) is 4.79 Å². The van der Waals surface area contributed by atoms with Crippen LogP contribution in [0.15, 0.2) is 57.7 Å². The van der Waals surface area contributed by atoms with E-state index in [4.69, 9.17) is 9.15 Å². The van der Waals surface area contributed by atoms with E-state index in [2.05, 4.69) is 31.7 Å². The summed E-state index contributed by atoms with van der Waals surface area (Å²) >= 11 is 0. The van der Waals surface area contributed by atoms with Gasteiger partial charge in [0.15, 0.2) is 0 Å². The molecule has 5 nitrogen and oxygen atoms in total. The molecule has 3 aromatic rings. The van der Waals surface area contributed by atoms with Crippen molar-refractivity contribution in [2.75, 3.05) is 18.0 Å². The molecular weight excluding hydrogens is 486 g/mol. The summed E-state index contributed by atoms with van der Waals surface area (Å²) in [6.45, 7) is 8.51. The average molecular weight is 534 g/mol. The molecule has 0 saturated heterocycles. The minimum atomic E-state index is -0.356. The van der Waals surface area contributed by atoms with Crippen LogP contribution in [-0.2, 0) is 16.1 Å². The minimum Gasteiger partial charge on any atom is -0.461 e. The first-order valence-corrected chi connectivity index (χ1v) is 15.1. The Hall–Kier alpha value is -3.08. The largest absolute Gasteiger partial charge is 0.461 e. The van der Waals surface area contributed by atoms with Gasteiger partial charge >= 0.3 is 11.6 Å². The van der Waals surface area contributed by atoms with Crippen LogP contribution in [0.4, 0.5) is 5.69 Å². The van der Waals surface area contributed by atoms with Gasteiger partial charge in [0, 0.05) is 36.7 Å². The average Bonchev–Trinajstić information content (AvgIpc) is 2.95. The molecule has 39 heavy (non-hydrogen) atoms. The molecule has 0 saturated carbocycles. The molecular formula is C34H47NO4. The summed E-state index contributed by atoms with van der Waals surface area (Å²) in [5, 5.41) is 0.890. The van der Waals surface area contributed by atoms with Crippen molar-refractivity contribution in [1.29, 1.82) is 0 Å². The van der Waals surface area contributed by atoms with Crippen molar-refractivity contribution in [3.8, 4) is 11.1 Å². The Balaban J connectivity index is 1.41. The van der Waals surface area contributed by atoms with Crippen LogP contribution in [0.5, 0.6) is 0 Å². The molecule has 0 fully saturated rings. The molecule has 0 aliphatic carbocycles. The lowest BCUT2D eigenvalue weighted by atomic mass is 10.0. The highest BCUT2D eigenvalue weighted by molar-refractivity contribution is 5.84. The molecule has 5 heteroatoms. The number of hydrogen-bond acceptors (Lipinski definition) is 5. The zero-order valence-corrected chi connectivity index (χ0v) is 24.3. The van der Waals surface area contributed by atoms with Crippen molar-refractivity contribution in [3.05, 3.63) is 64.5 Å².